The Balaban J connectivity index is 1.15. The number of carbonyl (C=O) groups excluding carboxylic acids is 1. The molecule has 6 nitrogen and oxygen atoms in total. The maximum absolute atomic E-state index is 13.8. The molecule has 0 bridgehead atoms. The van der Waals surface area contributed by atoms with Crippen LogP contribution < -0.4 is 5.32 Å². The third-order valence-corrected chi connectivity index (χ3v) is 9.13. The first-order valence-electron chi connectivity index (χ1n) is 13.4. The van der Waals surface area contributed by atoms with Crippen molar-refractivity contribution in [3.05, 3.63) is 81.9 Å². The molecule has 196 valence electrons. The first-order valence-corrected chi connectivity index (χ1v) is 14.6. The number of nitrogens with zero attached hydrogens (tertiary/aromatic N) is 4. The molecule has 0 spiro atoms. The second-order valence-corrected chi connectivity index (χ2v) is 11.8. The number of fused-ring (bicyclic) bond motifs is 1. The fourth-order valence-electron chi connectivity index (χ4n) is 6.12. The fourth-order valence-corrected chi connectivity index (χ4v) is 6.70. The van der Waals surface area contributed by atoms with Crippen LogP contribution in [0.3, 0.4) is 0 Å². The van der Waals surface area contributed by atoms with Gasteiger partial charge in [-0.2, -0.15) is 9.61 Å². The highest BCUT2D eigenvalue weighted by atomic mass is 79.9. The van der Waals surface area contributed by atoms with Gasteiger partial charge in [-0.1, -0.05) is 73.0 Å². The van der Waals surface area contributed by atoms with Gasteiger partial charge in [-0.15, -0.1) is 0 Å². The van der Waals surface area contributed by atoms with E-state index in [0.29, 0.717) is 16.8 Å². The highest BCUT2D eigenvalue weighted by Crippen LogP contribution is 2.43. The first kappa shape index (κ1) is 25.4. The summed E-state index contributed by atoms with van der Waals surface area (Å²) in [5.74, 6) is 1.68. The minimum absolute atomic E-state index is 0.328. The van der Waals surface area contributed by atoms with Gasteiger partial charge in [0.1, 0.15) is 5.82 Å². The van der Waals surface area contributed by atoms with Gasteiger partial charge in [0.25, 0.3) is 0 Å². The number of halogens is 2. The largest absolute Gasteiger partial charge is 0.370 e. The summed E-state index contributed by atoms with van der Waals surface area (Å²) in [7, 11) is 0. The molecule has 0 radical (unpaired) electrons. The molecule has 8 heteroatoms. The Hall–Kier alpha value is -2.90. The molecule has 0 unspecified atom stereocenters. The normalized spacial score (nSPS) is 17.7. The number of aromatic nitrogens is 3. The number of nitrogens with one attached hydrogen (secondary N) is 1. The Bertz CT molecular complexity index is 1440. The molecule has 2 aliphatic rings. The zero-order valence-corrected chi connectivity index (χ0v) is 23.6. The summed E-state index contributed by atoms with van der Waals surface area (Å²) in [6.45, 7) is 2.43. The molecule has 2 fully saturated rings. The topological polar surface area (TPSA) is 62.5 Å². The van der Waals surface area contributed by atoms with Crippen molar-refractivity contribution in [2.24, 2.45) is 5.92 Å². The lowest BCUT2D eigenvalue weighted by molar-refractivity contribution is -0.138. The van der Waals surface area contributed by atoms with Crippen molar-refractivity contribution in [1.82, 2.24) is 19.5 Å². The molecule has 1 amide bonds. The van der Waals surface area contributed by atoms with E-state index < -0.39 is 0 Å². The minimum Gasteiger partial charge on any atom is -0.370 e. The Morgan fingerprint density at radius 3 is 2.50 bits per heavy atom. The number of benzene rings is 2. The summed E-state index contributed by atoms with van der Waals surface area (Å²) in [6, 6.07) is 20.2. The van der Waals surface area contributed by atoms with E-state index >= 15 is 0 Å². The summed E-state index contributed by atoms with van der Waals surface area (Å²) in [5, 5.41) is 8.81. The van der Waals surface area contributed by atoms with Crippen LogP contribution in [0.5, 0.6) is 0 Å². The Morgan fingerprint density at radius 2 is 1.76 bits per heavy atom. The molecule has 2 aromatic heterocycles. The van der Waals surface area contributed by atoms with Gasteiger partial charge in [0.2, 0.25) is 5.91 Å². The second-order valence-electron chi connectivity index (χ2n) is 10.5. The maximum atomic E-state index is 13.8. The number of carbonyl (C=O) groups is 1. The molecular weight excluding hydrogens is 562 g/mol. The van der Waals surface area contributed by atoms with Crippen molar-refractivity contribution < 1.29 is 4.79 Å². The molecule has 3 heterocycles. The zero-order chi connectivity index (χ0) is 26.1. The number of piperidine rings is 1. The molecule has 0 atom stereocenters. The van der Waals surface area contributed by atoms with E-state index in [-0.39, 0.29) is 5.41 Å². The number of likely N-dealkylation sites (tertiary alicyclic amines) is 1. The quantitative estimate of drug-likeness (QED) is 0.263. The molecule has 6 rings (SSSR count). The maximum Gasteiger partial charge on any atom is 0.233 e. The van der Waals surface area contributed by atoms with Gasteiger partial charge in [0.15, 0.2) is 5.65 Å². The Morgan fingerprint density at radius 1 is 1.05 bits per heavy atom. The van der Waals surface area contributed by atoms with Crippen molar-refractivity contribution in [3.8, 4) is 11.3 Å². The average molecular weight is 593 g/mol. The molecule has 1 saturated heterocycles. The summed E-state index contributed by atoms with van der Waals surface area (Å²) in [6.07, 6.45) is 7.91. The molecule has 4 aromatic rings. The van der Waals surface area contributed by atoms with Crippen LogP contribution in [0.15, 0.2) is 71.3 Å². The highest BCUT2D eigenvalue weighted by molar-refractivity contribution is 9.10. The number of rotatable bonds is 6. The van der Waals surface area contributed by atoms with Crippen LogP contribution in [0.1, 0.15) is 44.1 Å². The van der Waals surface area contributed by atoms with Crippen LogP contribution in [0.25, 0.3) is 16.9 Å². The van der Waals surface area contributed by atoms with Gasteiger partial charge in [0.05, 0.1) is 21.8 Å². The second kappa shape index (κ2) is 10.7. The van der Waals surface area contributed by atoms with Gasteiger partial charge in [-0.05, 0) is 59.2 Å². The molecule has 1 aliphatic carbocycles. The molecule has 1 saturated carbocycles. The van der Waals surface area contributed by atoms with E-state index in [1.165, 1.54) is 5.56 Å². The summed E-state index contributed by atoms with van der Waals surface area (Å²) >= 11 is 10.1. The van der Waals surface area contributed by atoms with Crippen LogP contribution in [-0.2, 0) is 10.2 Å². The van der Waals surface area contributed by atoms with Crippen LogP contribution >= 0.6 is 27.5 Å². The average Bonchev–Trinajstić information content (AvgIpc) is 3.61. The predicted octanol–water partition coefficient (Wildman–Crippen LogP) is 6.97. The van der Waals surface area contributed by atoms with E-state index in [0.717, 1.165) is 85.4 Å². The third kappa shape index (κ3) is 4.71. The van der Waals surface area contributed by atoms with Crippen molar-refractivity contribution in [2.75, 3.05) is 25.0 Å². The van der Waals surface area contributed by atoms with E-state index in [1.807, 2.05) is 40.9 Å². The van der Waals surface area contributed by atoms with Crippen molar-refractivity contribution in [2.45, 2.75) is 43.9 Å². The van der Waals surface area contributed by atoms with Gasteiger partial charge >= 0.3 is 0 Å². The first-order chi connectivity index (χ1) is 18.5. The van der Waals surface area contributed by atoms with Gasteiger partial charge in [-0.25, -0.2) is 4.98 Å². The Kier molecular flexibility index (Phi) is 7.14. The van der Waals surface area contributed by atoms with Crippen LogP contribution in [-0.4, -0.2) is 45.0 Å². The van der Waals surface area contributed by atoms with E-state index in [9.17, 15) is 4.79 Å². The third-order valence-electron chi connectivity index (χ3n) is 8.25. The van der Waals surface area contributed by atoms with Crippen LogP contribution in [0.2, 0.25) is 5.02 Å². The minimum atomic E-state index is -0.336. The fraction of sp³-hybridized carbons (Fsp3) is 0.367. The molecule has 38 heavy (non-hydrogen) atoms. The predicted molar refractivity (Wildman–Crippen MR) is 156 cm³/mol. The lowest BCUT2D eigenvalue weighted by Gasteiger charge is -2.39. The van der Waals surface area contributed by atoms with Crippen LogP contribution in [0.4, 0.5) is 5.82 Å². The lowest BCUT2D eigenvalue weighted by Crippen LogP contribution is -2.49. The summed E-state index contributed by atoms with van der Waals surface area (Å²) < 4.78 is 2.66. The SMILES string of the molecule is O=C(N1CCC(CNc2cc(-c3ccccc3Cl)nc3c(Br)cnn23)CC1)C1(c2ccccc2)CCCC1. The number of hydrogen-bond acceptors (Lipinski definition) is 4. The van der Waals surface area contributed by atoms with E-state index in [4.69, 9.17) is 16.6 Å². The standard InChI is InChI=1S/C30H31BrClN5O/c31-24-20-34-37-27(18-26(35-28(24)37)23-10-4-5-11-25(23)32)33-19-21-12-16-36(17-13-21)29(38)30(14-6-7-15-30)22-8-2-1-3-9-22/h1-5,8-11,18,20-21,33H,6-7,12-17,19H2. The van der Waals surface area contributed by atoms with E-state index in [1.54, 1.807) is 6.20 Å². The number of amides is 1. The Labute approximate surface area is 236 Å². The molecule has 2 aromatic carbocycles. The molecule has 1 N–H and O–H groups in total. The smallest absolute Gasteiger partial charge is 0.233 e. The lowest BCUT2D eigenvalue weighted by atomic mass is 9.77. The zero-order valence-electron chi connectivity index (χ0n) is 21.2. The monoisotopic (exact) mass is 591 g/mol. The highest BCUT2D eigenvalue weighted by Gasteiger charge is 2.45. The van der Waals surface area contributed by atoms with Crippen LogP contribution in [0, 0.1) is 5.92 Å². The number of hydrogen-bond donors (Lipinski definition) is 1. The van der Waals surface area contributed by atoms with Gasteiger partial charge in [0, 0.05) is 36.3 Å². The number of anilines is 1. The van der Waals surface area contributed by atoms with Gasteiger partial charge in [-0.3, -0.25) is 4.79 Å². The van der Waals surface area contributed by atoms with Crippen molar-refractivity contribution in [3.63, 3.8) is 0 Å². The van der Waals surface area contributed by atoms with Gasteiger partial charge < -0.3 is 10.2 Å². The summed E-state index contributed by atoms with van der Waals surface area (Å²) in [4.78, 5) is 20.8. The molecular formula is C30H31BrClN5O. The van der Waals surface area contributed by atoms with E-state index in [2.05, 4.69) is 55.5 Å². The van der Waals surface area contributed by atoms with Crippen molar-refractivity contribution >= 4 is 44.9 Å². The van der Waals surface area contributed by atoms with Crippen molar-refractivity contribution in [1.29, 1.82) is 0 Å². The molecule has 1 aliphatic heterocycles. The summed E-state index contributed by atoms with van der Waals surface area (Å²) in [5.41, 5.74) is 3.28.